The number of nitrogens with one attached hydrogen (secondary N) is 3. The average Bonchev–Trinajstić information content (AvgIpc) is 2.03. The molecule has 1 heterocycles. The molecule has 0 atom stereocenters. The van der Waals surface area contributed by atoms with E-state index in [9.17, 15) is 0 Å². The van der Waals surface area contributed by atoms with Gasteiger partial charge in [0.05, 0.1) is 0 Å². The average molecular weight is 244 g/mol. The Morgan fingerprint density at radius 1 is 1.36 bits per heavy atom. The highest BCUT2D eigenvalue weighted by Gasteiger charge is 1.92. The monoisotopic (exact) mass is 244 g/mol. The van der Waals surface area contributed by atoms with Crippen LogP contribution in [-0.2, 0) is 0 Å². The number of aromatic amines is 2. The molecule has 0 unspecified atom stereocenters. The van der Waals surface area contributed by atoms with Gasteiger partial charge in [-0.05, 0) is 30.9 Å². The topological polar surface area (TPSA) is 56.5 Å². The van der Waals surface area contributed by atoms with Crippen LogP contribution >= 0.6 is 24.4 Å². The van der Waals surface area contributed by atoms with E-state index in [-0.39, 0.29) is 11.0 Å². The lowest BCUT2D eigenvalue weighted by Crippen LogP contribution is -2.05. The SMILES string of the molecule is CCCCNc1nc(=S)[nH]c(=S)[nH]1.[Si]. The van der Waals surface area contributed by atoms with Gasteiger partial charge in [-0.15, -0.1) is 0 Å². The molecule has 0 bridgehead atoms. The van der Waals surface area contributed by atoms with E-state index in [1.807, 2.05) is 0 Å². The first-order valence-electron chi connectivity index (χ1n) is 4.17. The van der Waals surface area contributed by atoms with Crippen LogP contribution in [0.1, 0.15) is 19.8 Å². The molecule has 0 aliphatic rings. The molecule has 0 saturated heterocycles. The molecular formula is C7H12N4S2Si. The van der Waals surface area contributed by atoms with Gasteiger partial charge in [0.1, 0.15) is 0 Å². The minimum absolute atomic E-state index is 0. The third kappa shape index (κ3) is 4.63. The van der Waals surface area contributed by atoms with E-state index < -0.39 is 0 Å². The number of rotatable bonds is 4. The van der Waals surface area contributed by atoms with Crippen molar-refractivity contribution in [3.63, 3.8) is 0 Å². The molecule has 0 aromatic carbocycles. The summed E-state index contributed by atoms with van der Waals surface area (Å²) in [5.74, 6) is 0.641. The smallest absolute Gasteiger partial charge is 0.205 e. The molecule has 0 amide bonds. The Balaban J connectivity index is 0.00000169. The van der Waals surface area contributed by atoms with E-state index >= 15 is 0 Å². The summed E-state index contributed by atoms with van der Waals surface area (Å²) in [6.45, 7) is 3.02. The molecule has 0 saturated carbocycles. The molecule has 0 spiro atoms. The Morgan fingerprint density at radius 2 is 2.07 bits per heavy atom. The minimum Gasteiger partial charge on any atom is -0.356 e. The second kappa shape index (κ2) is 6.85. The third-order valence-electron chi connectivity index (χ3n) is 1.49. The highest BCUT2D eigenvalue weighted by Crippen LogP contribution is 1.96. The summed E-state index contributed by atoms with van der Waals surface area (Å²) < 4.78 is 0.904. The van der Waals surface area contributed by atoms with Crippen molar-refractivity contribution in [3.8, 4) is 0 Å². The molecule has 0 aliphatic heterocycles. The Morgan fingerprint density at radius 3 is 2.64 bits per heavy atom. The van der Waals surface area contributed by atoms with Gasteiger partial charge in [0.25, 0.3) is 0 Å². The molecule has 4 nitrogen and oxygen atoms in total. The first kappa shape index (κ1) is 13.5. The first-order valence-corrected chi connectivity index (χ1v) is 4.98. The standard InChI is InChI=1S/C7H12N4S2.Si/c1-2-3-4-8-5-9-6(12)11-7(13)10-5;/h2-4H2,1H3,(H3,8,9,10,11,12,13);. The van der Waals surface area contributed by atoms with Crippen LogP contribution in [0, 0.1) is 9.54 Å². The fourth-order valence-corrected chi connectivity index (χ4v) is 1.31. The lowest BCUT2D eigenvalue weighted by atomic mass is 10.3. The van der Waals surface area contributed by atoms with Gasteiger partial charge in [-0.25, -0.2) is 0 Å². The van der Waals surface area contributed by atoms with Crippen LogP contribution in [-0.4, -0.2) is 32.5 Å². The summed E-state index contributed by atoms with van der Waals surface area (Å²) in [6.07, 6.45) is 2.25. The maximum Gasteiger partial charge on any atom is 0.205 e. The Labute approximate surface area is 97.6 Å². The van der Waals surface area contributed by atoms with E-state index in [1.54, 1.807) is 0 Å². The van der Waals surface area contributed by atoms with Gasteiger partial charge in [-0.2, -0.15) is 4.98 Å². The molecule has 76 valence electrons. The maximum atomic E-state index is 4.91. The number of hydrogen-bond donors (Lipinski definition) is 3. The number of nitrogens with zero attached hydrogens (tertiary/aromatic N) is 1. The molecule has 1 aromatic heterocycles. The van der Waals surface area contributed by atoms with Crippen molar-refractivity contribution >= 4 is 41.3 Å². The van der Waals surface area contributed by atoms with Gasteiger partial charge in [0.15, 0.2) is 4.77 Å². The Kier molecular flexibility index (Phi) is 6.59. The number of anilines is 1. The Bertz CT molecular complexity index is 344. The van der Waals surface area contributed by atoms with Gasteiger partial charge in [0, 0.05) is 17.5 Å². The summed E-state index contributed by atoms with van der Waals surface area (Å²) in [6, 6.07) is 0. The lowest BCUT2D eigenvalue weighted by Gasteiger charge is -2.02. The maximum absolute atomic E-state index is 4.91. The van der Waals surface area contributed by atoms with E-state index in [0.717, 1.165) is 19.4 Å². The van der Waals surface area contributed by atoms with Crippen molar-refractivity contribution in [2.45, 2.75) is 19.8 Å². The fraction of sp³-hybridized carbons (Fsp3) is 0.571. The van der Waals surface area contributed by atoms with Crippen LogP contribution in [0.3, 0.4) is 0 Å². The summed E-state index contributed by atoms with van der Waals surface area (Å²) in [4.78, 5) is 9.63. The van der Waals surface area contributed by atoms with Crippen molar-refractivity contribution in [2.24, 2.45) is 0 Å². The zero-order chi connectivity index (χ0) is 9.68. The van der Waals surface area contributed by atoms with E-state index in [0.29, 0.717) is 15.5 Å². The molecule has 7 heteroatoms. The van der Waals surface area contributed by atoms with Crippen LogP contribution in [0.25, 0.3) is 0 Å². The lowest BCUT2D eigenvalue weighted by molar-refractivity contribution is 0.822. The number of hydrogen-bond acceptors (Lipinski definition) is 4. The van der Waals surface area contributed by atoms with Crippen molar-refractivity contribution in [2.75, 3.05) is 11.9 Å². The molecule has 0 aliphatic carbocycles. The molecule has 4 radical (unpaired) electrons. The number of H-pyrrole nitrogens is 2. The molecule has 14 heavy (non-hydrogen) atoms. The van der Waals surface area contributed by atoms with Crippen LogP contribution in [0.2, 0.25) is 0 Å². The van der Waals surface area contributed by atoms with E-state index in [4.69, 9.17) is 24.4 Å². The van der Waals surface area contributed by atoms with Crippen LogP contribution < -0.4 is 5.32 Å². The largest absolute Gasteiger partial charge is 0.356 e. The molecule has 3 N–H and O–H groups in total. The van der Waals surface area contributed by atoms with Crippen molar-refractivity contribution in [1.29, 1.82) is 0 Å². The van der Waals surface area contributed by atoms with Crippen molar-refractivity contribution < 1.29 is 0 Å². The predicted octanol–water partition coefficient (Wildman–Crippen LogP) is 2.03. The third-order valence-corrected chi connectivity index (χ3v) is 1.89. The van der Waals surface area contributed by atoms with Crippen LogP contribution in [0.5, 0.6) is 0 Å². The molecule has 0 fully saturated rings. The second-order valence-corrected chi connectivity index (χ2v) is 3.42. The summed E-state index contributed by atoms with van der Waals surface area (Å²) in [7, 11) is 0. The molecular weight excluding hydrogens is 232 g/mol. The summed E-state index contributed by atoms with van der Waals surface area (Å²) in [5, 5.41) is 3.11. The van der Waals surface area contributed by atoms with Gasteiger partial charge >= 0.3 is 0 Å². The van der Waals surface area contributed by atoms with Gasteiger partial charge in [-0.3, -0.25) is 0 Å². The summed E-state index contributed by atoms with van der Waals surface area (Å²) in [5.41, 5.74) is 0. The van der Waals surface area contributed by atoms with Gasteiger partial charge < -0.3 is 15.3 Å². The van der Waals surface area contributed by atoms with Crippen LogP contribution in [0.15, 0.2) is 0 Å². The van der Waals surface area contributed by atoms with E-state index in [2.05, 4.69) is 27.2 Å². The minimum atomic E-state index is 0. The van der Waals surface area contributed by atoms with Crippen molar-refractivity contribution in [3.05, 3.63) is 9.54 Å². The fourth-order valence-electron chi connectivity index (χ4n) is 0.861. The van der Waals surface area contributed by atoms with Gasteiger partial charge in [-0.1, -0.05) is 13.3 Å². The van der Waals surface area contributed by atoms with Crippen LogP contribution in [0.4, 0.5) is 5.95 Å². The quantitative estimate of drug-likeness (QED) is 0.431. The van der Waals surface area contributed by atoms with E-state index in [1.165, 1.54) is 0 Å². The zero-order valence-electron chi connectivity index (χ0n) is 7.89. The highest BCUT2D eigenvalue weighted by molar-refractivity contribution is 7.71. The molecule has 1 aromatic rings. The van der Waals surface area contributed by atoms with Crippen molar-refractivity contribution in [1.82, 2.24) is 15.0 Å². The highest BCUT2D eigenvalue weighted by atomic mass is 32.1. The second-order valence-electron chi connectivity index (χ2n) is 2.63. The summed E-state index contributed by atoms with van der Waals surface area (Å²) >= 11 is 9.78. The predicted molar refractivity (Wildman–Crippen MR) is 63.8 cm³/mol. The molecule has 1 rings (SSSR count). The first-order chi connectivity index (χ1) is 6.22. The zero-order valence-corrected chi connectivity index (χ0v) is 10.5. The number of unbranched alkanes of at least 4 members (excludes halogenated alkanes) is 1. The van der Waals surface area contributed by atoms with Gasteiger partial charge in [0.2, 0.25) is 10.7 Å². The number of aromatic nitrogens is 3. The normalized spacial score (nSPS) is 9.21. The Hall–Kier alpha value is -0.533.